The van der Waals surface area contributed by atoms with Crippen molar-refractivity contribution in [1.29, 1.82) is 0 Å². The average Bonchev–Trinajstić information content (AvgIpc) is 2.97. The molecule has 0 atom stereocenters. The third-order valence-corrected chi connectivity index (χ3v) is 3.19. The van der Waals surface area contributed by atoms with Crippen molar-refractivity contribution in [3.8, 4) is 5.75 Å². The number of rotatable bonds is 3. The summed E-state index contributed by atoms with van der Waals surface area (Å²) in [6.45, 7) is 4.38. The number of ether oxygens (including phenoxy) is 1. The highest BCUT2D eigenvalue weighted by Gasteiger charge is 2.40. The summed E-state index contributed by atoms with van der Waals surface area (Å²) >= 11 is 0. The number of hydrogen-bond donors (Lipinski definition) is 1. The van der Waals surface area contributed by atoms with Gasteiger partial charge < -0.3 is 10.5 Å². The molecule has 2 nitrogen and oxygen atoms in total. The molecule has 0 unspecified atom stereocenters. The molecule has 1 saturated carbocycles. The van der Waals surface area contributed by atoms with Gasteiger partial charge in [-0.05, 0) is 42.0 Å². The predicted octanol–water partition coefficient (Wildman–Crippen LogP) is 2.77. The Labute approximate surface area is 91.4 Å². The van der Waals surface area contributed by atoms with Gasteiger partial charge in [-0.25, -0.2) is 0 Å². The van der Waals surface area contributed by atoms with E-state index in [1.165, 1.54) is 11.1 Å². The molecule has 0 spiro atoms. The van der Waals surface area contributed by atoms with E-state index in [-0.39, 0.29) is 5.54 Å². The Morgan fingerprint density at radius 3 is 2.40 bits per heavy atom. The molecule has 2 N–H and O–H groups in total. The van der Waals surface area contributed by atoms with Crippen LogP contribution in [0, 0.1) is 0 Å². The molecule has 1 fully saturated rings. The first-order valence-corrected chi connectivity index (χ1v) is 5.53. The van der Waals surface area contributed by atoms with Crippen LogP contribution in [0.3, 0.4) is 0 Å². The molecule has 1 aromatic carbocycles. The van der Waals surface area contributed by atoms with E-state index in [2.05, 4.69) is 32.0 Å². The lowest BCUT2D eigenvalue weighted by atomic mass is 9.96. The number of hydrogen-bond acceptors (Lipinski definition) is 2. The van der Waals surface area contributed by atoms with Gasteiger partial charge in [0.25, 0.3) is 0 Å². The van der Waals surface area contributed by atoms with Crippen molar-refractivity contribution in [3.63, 3.8) is 0 Å². The van der Waals surface area contributed by atoms with Crippen LogP contribution in [-0.4, -0.2) is 7.11 Å². The van der Waals surface area contributed by atoms with Gasteiger partial charge in [0.2, 0.25) is 0 Å². The van der Waals surface area contributed by atoms with Crippen LogP contribution >= 0.6 is 0 Å². The first kappa shape index (κ1) is 10.5. The molecular formula is C13H19NO. The Morgan fingerprint density at radius 1 is 1.27 bits per heavy atom. The maximum absolute atomic E-state index is 6.20. The smallest absolute Gasteiger partial charge is 0.119 e. The zero-order valence-corrected chi connectivity index (χ0v) is 9.71. The molecule has 2 rings (SSSR count). The minimum atomic E-state index is -0.0713. The molecule has 82 valence electrons. The fraction of sp³-hybridized carbons (Fsp3) is 0.538. The van der Waals surface area contributed by atoms with Crippen molar-refractivity contribution in [3.05, 3.63) is 29.3 Å². The Kier molecular flexibility index (Phi) is 2.47. The van der Waals surface area contributed by atoms with Gasteiger partial charge in [0, 0.05) is 5.54 Å². The second kappa shape index (κ2) is 3.53. The first-order chi connectivity index (χ1) is 7.05. The van der Waals surface area contributed by atoms with E-state index in [4.69, 9.17) is 10.5 Å². The summed E-state index contributed by atoms with van der Waals surface area (Å²) < 4.78 is 5.31. The number of nitrogens with two attached hydrogens (primary N) is 1. The highest BCUT2D eigenvalue weighted by Crippen LogP contribution is 2.44. The number of benzene rings is 1. The summed E-state index contributed by atoms with van der Waals surface area (Å²) in [5.41, 5.74) is 8.67. The Hall–Kier alpha value is -1.02. The summed E-state index contributed by atoms with van der Waals surface area (Å²) in [6.07, 6.45) is 2.19. The lowest BCUT2D eigenvalue weighted by molar-refractivity contribution is 0.412. The van der Waals surface area contributed by atoms with Gasteiger partial charge >= 0.3 is 0 Å². The molecule has 1 aliphatic rings. The van der Waals surface area contributed by atoms with Crippen molar-refractivity contribution in [1.82, 2.24) is 0 Å². The summed E-state index contributed by atoms with van der Waals surface area (Å²) in [5, 5.41) is 0. The quantitative estimate of drug-likeness (QED) is 0.823. The van der Waals surface area contributed by atoms with Gasteiger partial charge in [-0.2, -0.15) is 0 Å². The molecule has 1 aliphatic carbocycles. The molecule has 0 heterocycles. The van der Waals surface area contributed by atoms with Gasteiger partial charge in [0.1, 0.15) is 5.75 Å². The molecule has 0 amide bonds. The zero-order chi connectivity index (χ0) is 11.1. The predicted molar refractivity (Wildman–Crippen MR) is 62.2 cm³/mol. The van der Waals surface area contributed by atoms with E-state index in [9.17, 15) is 0 Å². The third kappa shape index (κ3) is 2.00. The summed E-state index contributed by atoms with van der Waals surface area (Å²) in [6, 6.07) is 6.39. The lowest BCUT2D eigenvalue weighted by Crippen LogP contribution is -2.19. The number of methoxy groups -OCH3 is 1. The summed E-state index contributed by atoms with van der Waals surface area (Å²) in [7, 11) is 1.71. The second-order valence-corrected chi connectivity index (χ2v) is 4.81. The van der Waals surface area contributed by atoms with Crippen molar-refractivity contribution >= 4 is 0 Å². The average molecular weight is 205 g/mol. The molecular weight excluding hydrogens is 186 g/mol. The van der Waals surface area contributed by atoms with Crippen molar-refractivity contribution < 1.29 is 4.74 Å². The van der Waals surface area contributed by atoms with Crippen LogP contribution in [0.5, 0.6) is 5.75 Å². The zero-order valence-electron chi connectivity index (χ0n) is 9.71. The van der Waals surface area contributed by atoms with Crippen LogP contribution in [0.25, 0.3) is 0 Å². The maximum atomic E-state index is 6.20. The van der Waals surface area contributed by atoms with Gasteiger partial charge in [-0.15, -0.1) is 0 Å². The van der Waals surface area contributed by atoms with Crippen LogP contribution in [-0.2, 0) is 5.54 Å². The minimum Gasteiger partial charge on any atom is -0.497 e. The van der Waals surface area contributed by atoms with E-state index in [1.807, 2.05) is 0 Å². The Balaban J connectivity index is 2.42. The van der Waals surface area contributed by atoms with Crippen LogP contribution in [0.15, 0.2) is 18.2 Å². The SMILES string of the molecule is COc1cc(C(C)C)cc(C2(N)CC2)c1. The monoisotopic (exact) mass is 205 g/mol. The van der Waals surface area contributed by atoms with Crippen molar-refractivity contribution in [2.75, 3.05) is 7.11 Å². The first-order valence-electron chi connectivity index (χ1n) is 5.53. The molecule has 0 bridgehead atoms. The molecule has 1 aromatic rings. The highest BCUT2D eigenvalue weighted by atomic mass is 16.5. The van der Waals surface area contributed by atoms with Crippen LogP contribution in [0.4, 0.5) is 0 Å². The van der Waals surface area contributed by atoms with Crippen molar-refractivity contribution in [2.24, 2.45) is 5.73 Å². The van der Waals surface area contributed by atoms with Gasteiger partial charge in [-0.3, -0.25) is 0 Å². The largest absolute Gasteiger partial charge is 0.497 e. The fourth-order valence-corrected chi connectivity index (χ4v) is 1.78. The topological polar surface area (TPSA) is 35.2 Å². The Bertz CT molecular complexity index is 367. The Morgan fingerprint density at radius 2 is 1.93 bits per heavy atom. The minimum absolute atomic E-state index is 0.0713. The van der Waals surface area contributed by atoms with Gasteiger partial charge in [-0.1, -0.05) is 19.9 Å². The highest BCUT2D eigenvalue weighted by molar-refractivity contribution is 5.41. The normalized spacial score (nSPS) is 17.9. The molecule has 0 aromatic heterocycles. The fourth-order valence-electron chi connectivity index (χ4n) is 1.78. The summed E-state index contributed by atoms with van der Waals surface area (Å²) in [5.74, 6) is 1.44. The van der Waals surface area contributed by atoms with E-state index in [0.29, 0.717) is 5.92 Å². The van der Waals surface area contributed by atoms with E-state index in [1.54, 1.807) is 7.11 Å². The molecule has 15 heavy (non-hydrogen) atoms. The van der Waals surface area contributed by atoms with Crippen molar-refractivity contribution in [2.45, 2.75) is 38.1 Å². The molecule has 0 saturated heterocycles. The molecule has 0 radical (unpaired) electrons. The lowest BCUT2D eigenvalue weighted by Gasteiger charge is -2.15. The third-order valence-electron chi connectivity index (χ3n) is 3.19. The van der Waals surface area contributed by atoms with E-state index < -0.39 is 0 Å². The standard InChI is InChI=1S/C13H19NO/c1-9(2)10-6-11(13(14)4-5-13)8-12(7-10)15-3/h6-9H,4-5,14H2,1-3H3. The molecule has 2 heteroatoms. The van der Waals surface area contributed by atoms with Gasteiger partial charge in [0.15, 0.2) is 0 Å². The van der Waals surface area contributed by atoms with Crippen LogP contribution in [0.1, 0.15) is 43.7 Å². The van der Waals surface area contributed by atoms with Gasteiger partial charge in [0.05, 0.1) is 7.11 Å². The van der Waals surface area contributed by atoms with E-state index in [0.717, 1.165) is 18.6 Å². The maximum Gasteiger partial charge on any atom is 0.119 e. The van der Waals surface area contributed by atoms with Crippen LogP contribution < -0.4 is 10.5 Å². The second-order valence-electron chi connectivity index (χ2n) is 4.81. The summed E-state index contributed by atoms with van der Waals surface area (Å²) in [4.78, 5) is 0. The van der Waals surface area contributed by atoms with E-state index >= 15 is 0 Å². The van der Waals surface area contributed by atoms with Crippen LogP contribution in [0.2, 0.25) is 0 Å². The molecule has 0 aliphatic heterocycles.